The van der Waals surface area contributed by atoms with Crippen LogP contribution in [0.15, 0.2) is 26.0 Å². The zero-order valence-electron chi connectivity index (χ0n) is 11.1. The number of likely N-dealkylation sites (N-methyl/N-ethyl adjacent to an activating group) is 1. The molecule has 1 aromatic rings. The Kier molecular flexibility index (Phi) is 5.59. The van der Waals surface area contributed by atoms with Gasteiger partial charge in [-0.25, -0.2) is 8.42 Å². The molecule has 0 aliphatic carbocycles. The summed E-state index contributed by atoms with van der Waals surface area (Å²) >= 11 is 6.33. The Bertz CT molecular complexity index is 609. The SMILES string of the molecule is CC(NS(=O)(=O)c1c(Br)cc(N)cc1Br)C(=O)N(C)C. The van der Waals surface area contributed by atoms with Gasteiger partial charge in [0.25, 0.3) is 0 Å². The Hall–Kier alpha value is -0.640. The second-order valence-corrected chi connectivity index (χ2v) is 7.75. The maximum absolute atomic E-state index is 12.3. The second-order valence-electron chi connectivity index (χ2n) is 4.39. The van der Waals surface area contributed by atoms with Gasteiger partial charge in [-0.05, 0) is 50.9 Å². The number of halogens is 2. The minimum atomic E-state index is -3.86. The Balaban J connectivity index is 3.16. The van der Waals surface area contributed by atoms with Crippen molar-refractivity contribution in [1.29, 1.82) is 0 Å². The summed E-state index contributed by atoms with van der Waals surface area (Å²) in [5.41, 5.74) is 6.04. The summed E-state index contributed by atoms with van der Waals surface area (Å²) in [7, 11) is -0.748. The number of nitrogens with two attached hydrogens (primary N) is 1. The van der Waals surface area contributed by atoms with Crippen LogP contribution in [0, 0.1) is 0 Å². The van der Waals surface area contributed by atoms with Crippen LogP contribution in [0.3, 0.4) is 0 Å². The molecular formula is C11H15Br2N3O3S. The van der Waals surface area contributed by atoms with Gasteiger partial charge in [0.15, 0.2) is 0 Å². The zero-order valence-corrected chi connectivity index (χ0v) is 15.1. The summed E-state index contributed by atoms with van der Waals surface area (Å²) in [5, 5.41) is 0. The molecule has 0 aliphatic heterocycles. The van der Waals surface area contributed by atoms with Gasteiger partial charge >= 0.3 is 0 Å². The van der Waals surface area contributed by atoms with E-state index in [-0.39, 0.29) is 10.8 Å². The molecule has 0 saturated heterocycles. The number of hydrogen-bond acceptors (Lipinski definition) is 4. The minimum Gasteiger partial charge on any atom is -0.399 e. The van der Waals surface area contributed by atoms with Gasteiger partial charge < -0.3 is 10.6 Å². The number of carbonyl (C=O) groups excluding carboxylic acids is 1. The fourth-order valence-corrected chi connectivity index (χ4v) is 5.38. The largest absolute Gasteiger partial charge is 0.399 e. The molecule has 0 fully saturated rings. The maximum Gasteiger partial charge on any atom is 0.243 e. The fourth-order valence-electron chi connectivity index (χ4n) is 1.57. The van der Waals surface area contributed by atoms with E-state index in [4.69, 9.17) is 5.73 Å². The smallest absolute Gasteiger partial charge is 0.243 e. The van der Waals surface area contributed by atoms with E-state index in [1.807, 2.05) is 0 Å². The molecule has 9 heteroatoms. The number of hydrogen-bond donors (Lipinski definition) is 2. The van der Waals surface area contributed by atoms with E-state index >= 15 is 0 Å². The molecule has 1 aromatic carbocycles. The van der Waals surface area contributed by atoms with Gasteiger partial charge in [0.1, 0.15) is 4.90 Å². The van der Waals surface area contributed by atoms with Crippen molar-refractivity contribution in [2.45, 2.75) is 17.9 Å². The number of rotatable bonds is 4. The summed E-state index contributed by atoms with van der Waals surface area (Å²) in [6.07, 6.45) is 0. The van der Waals surface area contributed by atoms with Crippen molar-refractivity contribution >= 4 is 53.5 Å². The summed E-state index contributed by atoms with van der Waals surface area (Å²) in [4.78, 5) is 13.1. The van der Waals surface area contributed by atoms with Crippen molar-refractivity contribution in [3.63, 3.8) is 0 Å². The van der Waals surface area contributed by atoms with Crippen molar-refractivity contribution < 1.29 is 13.2 Å². The van der Waals surface area contributed by atoms with Crippen molar-refractivity contribution in [3.8, 4) is 0 Å². The van der Waals surface area contributed by atoms with E-state index in [0.29, 0.717) is 14.6 Å². The third-order valence-corrected chi connectivity index (χ3v) is 5.85. The first-order valence-electron chi connectivity index (χ1n) is 5.54. The van der Waals surface area contributed by atoms with Gasteiger partial charge in [-0.2, -0.15) is 4.72 Å². The van der Waals surface area contributed by atoms with Crippen LogP contribution in [-0.4, -0.2) is 39.4 Å². The lowest BCUT2D eigenvalue weighted by Gasteiger charge is -2.19. The predicted octanol–water partition coefficient (Wildman–Crippen LogP) is 1.55. The van der Waals surface area contributed by atoms with Gasteiger partial charge in [-0.15, -0.1) is 0 Å². The zero-order chi connectivity index (χ0) is 15.7. The summed E-state index contributed by atoms with van der Waals surface area (Å²) < 4.78 is 27.7. The Morgan fingerprint density at radius 2 is 1.75 bits per heavy atom. The average molecular weight is 429 g/mol. The molecule has 0 saturated carbocycles. The highest BCUT2D eigenvalue weighted by molar-refractivity contribution is 9.11. The molecule has 0 spiro atoms. The lowest BCUT2D eigenvalue weighted by atomic mass is 10.3. The molecule has 20 heavy (non-hydrogen) atoms. The number of sulfonamides is 1. The first-order valence-corrected chi connectivity index (χ1v) is 8.61. The average Bonchev–Trinajstić information content (AvgIpc) is 2.24. The first kappa shape index (κ1) is 17.4. The maximum atomic E-state index is 12.3. The normalized spacial score (nSPS) is 13.1. The summed E-state index contributed by atoms with van der Waals surface area (Å²) in [6.45, 7) is 1.49. The van der Waals surface area contributed by atoms with E-state index < -0.39 is 16.1 Å². The van der Waals surface area contributed by atoms with E-state index in [9.17, 15) is 13.2 Å². The molecule has 0 heterocycles. The standard InChI is InChI=1S/C11H15Br2N3O3S/c1-6(11(17)16(2)3)15-20(18,19)10-8(12)4-7(14)5-9(10)13/h4-6,15H,14H2,1-3H3. The van der Waals surface area contributed by atoms with Crippen molar-refractivity contribution in [1.82, 2.24) is 9.62 Å². The van der Waals surface area contributed by atoms with E-state index in [1.165, 1.54) is 24.0 Å². The fraction of sp³-hybridized carbons (Fsp3) is 0.364. The van der Waals surface area contributed by atoms with Crippen LogP contribution in [0.25, 0.3) is 0 Å². The van der Waals surface area contributed by atoms with Crippen LogP contribution in [0.5, 0.6) is 0 Å². The molecule has 1 unspecified atom stereocenters. The number of amides is 1. The minimum absolute atomic E-state index is 0.00473. The van der Waals surface area contributed by atoms with Gasteiger partial charge in [0.2, 0.25) is 15.9 Å². The number of nitrogen functional groups attached to an aromatic ring is 1. The second kappa shape index (κ2) is 6.42. The molecule has 1 amide bonds. The predicted molar refractivity (Wildman–Crippen MR) is 84.7 cm³/mol. The van der Waals surface area contributed by atoms with E-state index in [2.05, 4.69) is 36.6 Å². The van der Waals surface area contributed by atoms with Gasteiger partial charge in [0.05, 0.1) is 6.04 Å². The Morgan fingerprint density at radius 1 is 1.30 bits per heavy atom. The molecule has 0 aromatic heterocycles. The monoisotopic (exact) mass is 427 g/mol. The van der Waals surface area contributed by atoms with Crippen LogP contribution >= 0.6 is 31.9 Å². The van der Waals surface area contributed by atoms with Crippen molar-refractivity contribution in [2.24, 2.45) is 0 Å². The molecule has 1 atom stereocenters. The number of nitrogens with one attached hydrogen (secondary N) is 1. The molecule has 0 bridgehead atoms. The molecule has 6 nitrogen and oxygen atoms in total. The molecule has 112 valence electrons. The van der Waals surface area contributed by atoms with E-state index in [0.717, 1.165) is 0 Å². The Labute approximate surface area is 135 Å². The molecule has 3 N–H and O–H groups in total. The van der Waals surface area contributed by atoms with Crippen molar-refractivity contribution in [2.75, 3.05) is 19.8 Å². The lowest BCUT2D eigenvalue weighted by molar-refractivity contribution is -0.130. The van der Waals surface area contributed by atoms with Crippen LogP contribution in [-0.2, 0) is 14.8 Å². The summed E-state index contributed by atoms with van der Waals surface area (Å²) in [6, 6.07) is 2.10. The van der Waals surface area contributed by atoms with Gasteiger partial charge in [-0.3, -0.25) is 4.79 Å². The first-order chi connectivity index (χ1) is 9.06. The van der Waals surface area contributed by atoms with Crippen molar-refractivity contribution in [3.05, 3.63) is 21.1 Å². The molecular weight excluding hydrogens is 414 g/mol. The Morgan fingerprint density at radius 3 is 2.15 bits per heavy atom. The number of anilines is 1. The molecule has 0 aliphatic rings. The number of nitrogens with zero attached hydrogens (tertiary/aromatic N) is 1. The molecule has 0 radical (unpaired) electrons. The highest BCUT2D eigenvalue weighted by atomic mass is 79.9. The van der Waals surface area contributed by atoms with Crippen LogP contribution < -0.4 is 10.5 Å². The van der Waals surface area contributed by atoms with Crippen LogP contribution in [0.4, 0.5) is 5.69 Å². The number of carbonyl (C=O) groups is 1. The summed E-state index contributed by atoms with van der Waals surface area (Å²) in [5.74, 6) is -0.337. The third-order valence-electron chi connectivity index (χ3n) is 2.43. The van der Waals surface area contributed by atoms with E-state index in [1.54, 1.807) is 14.1 Å². The van der Waals surface area contributed by atoms with Gasteiger partial charge in [-0.1, -0.05) is 0 Å². The highest BCUT2D eigenvalue weighted by Crippen LogP contribution is 2.32. The van der Waals surface area contributed by atoms with Gasteiger partial charge in [0, 0.05) is 28.7 Å². The number of benzene rings is 1. The van der Waals surface area contributed by atoms with Crippen LogP contribution in [0.2, 0.25) is 0 Å². The molecule has 1 rings (SSSR count). The topological polar surface area (TPSA) is 92.5 Å². The van der Waals surface area contributed by atoms with Crippen LogP contribution in [0.1, 0.15) is 6.92 Å². The highest BCUT2D eigenvalue weighted by Gasteiger charge is 2.27. The lowest BCUT2D eigenvalue weighted by Crippen LogP contribution is -2.44. The third kappa shape index (κ3) is 3.94. The quantitative estimate of drug-likeness (QED) is 0.711.